The van der Waals surface area contributed by atoms with Crippen molar-refractivity contribution in [3.8, 4) is 6.01 Å². The van der Waals surface area contributed by atoms with Gasteiger partial charge in [-0.15, -0.1) is 0 Å². The standard InChI is InChI=1S/C35H43ClN8O2/c1-6-32(45)44-16-15-43(21-27(44)18-37-4)34-28-13-14-42(31-19-38-17-26-11-8-12-29(36)33(26)31)22-30(28)39-35(40-34)46-23(2)20-41(5)24(3)25-9-7-10-25/h6,8,11-12,17,19,23-25,27H,1,7,9-10,13-16,18,20-22H2,2-3,5H3/t23-,24-,27-/m0/s1. The maximum Gasteiger partial charge on any atom is 0.318 e. The summed E-state index contributed by atoms with van der Waals surface area (Å²) in [5.74, 6) is 1.44. The summed E-state index contributed by atoms with van der Waals surface area (Å²) < 4.78 is 6.48. The lowest BCUT2D eigenvalue weighted by molar-refractivity contribution is -0.128. The summed E-state index contributed by atoms with van der Waals surface area (Å²) in [6, 6.07) is 6.49. The van der Waals surface area contributed by atoms with E-state index in [1.807, 2.05) is 30.6 Å². The highest BCUT2D eigenvalue weighted by molar-refractivity contribution is 6.36. The molecule has 4 heterocycles. The second kappa shape index (κ2) is 13.8. The van der Waals surface area contributed by atoms with Crippen molar-refractivity contribution >= 4 is 39.8 Å². The Bertz CT molecular complexity index is 1630. The first-order valence-electron chi connectivity index (χ1n) is 16.3. The van der Waals surface area contributed by atoms with Crippen LogP contribution in [0.15, 0.2) is 43.2 Å². The second-order valence-electron chi connectivity index (χ2n) is 12.9. The van der Waals surface area contributed by atoms with Gasteiger partial charge in [-0.1, -0.05) is 36.7 Å². The number of pyridine rings is 1. The van der Waals surface area contributed by atoms with E-state index in [9.17, 15) is 4.79 Å². The van der Waals surface area contributed by atoms with Crippen LogP contribution in [0.5, 0.6) is 6.01 Å². The van der Waals surface area contributed by atoms with Gasteiger partial charge in [-0.2, -0.15) is 9.97 Å². The summed E-state index contributed by atoms with van der Waals surface area (Å²) in [7, 11) is 2.17. The molecule has 1 saturated carbocycles. The van der Waals surface area contributed by atoms with Crippen LogP contribution in [-0.2, 0) is 17.8 Å². The minimum Gasteiger partial charge on any atom is -0.459 e. The van der Waals surface area contributed by atoms with Crippen molar-refractivity contribution in [1.82, 2.24) is 24.8 Å². The highest BCUT2D eigenvalue weighted by atomic mass is 35.5. The predicted octanol–water partition coefficient (Wildman–Crippen LogP) is 5.25. The number of hydrogen-bond acceptors (Lipinski definition) is 8. The van der Waals surface area contributed by atoms with E-state index in [2.05, 4.69) is 52.0 Å². The molecule has 0 unspecified atom stereocenters. The normalized spacial score (nSPS) is 19.7. The van der Waals surface area contributed by atoms with Gasteiger partial charge in [0.15, 0.2) is 0 Å². The monoisotopic (exact) mass is 642 g/mol. The van der Waals surface area contributed by atoms with Crippen molar-refractivity contribution < 1.29 is 9.53 Å². The summed E-state index contributed by atoms with van der Waals surface area (Å²) >= 11 is 6.70. The van der Waals surface area contributed by atoms with E-state index in [1.165, 1.54) is 25.3 Å². The van der Waals surface area contributed by atoms with E-state index < -0.39 is 0 Å². The minimum atomic E-state index is -0.253. The quantitative estimate of drug-likeness (QED) is 0.219. The van der Waals surface area contributed by atoms with E-state index in [-0.39, 0.29) is 24.6 Å². The Labute approximate surface area is 276 Å². The number of carbonyl (C=O) groups excluding carboxylic acids is 1. The Morgan fingerprint density at radius 1 is 1.22 bits per heavy atom. The highest BCUT2D eigenvalue weighted by Gasteiger charge is 2.35. The first-order chi connectivity index (χ1) is 22.3. The molecule has 0 N–H and O–H groups in total. The SMILES string of the molecule is [C-]#[N+]C[C@H]1CN(c2nc(O[C@@H](C)CN(C)[C@@H](C)C3CCC3)nc3c2CCN(c2cncc4cccc(Cl)c24)C3)CCN1C(=O)C=C. The summed E-state index contributed by atoms with van der Waals surface area (Å²) in [4.78, 5) is 39.5. The molecule has 1 amide bonds. The van der Waals surface area contributed by atoms with Crippen molar-refractivity contribution in [2.24, 2.45) is 5.92 Å². The number of piperazine rings is 1. The number of hydrogen-bond donors (Lipinski definition) is 0. The maximum atomic E-state index is 12.6. The van der Waals surface area contributed by atoms with Crippen LogP contribution < -0.4 is 14.5 Å². The summed E-state index contributed by atoms with van der Waals surface area (Å²) in [6.07, 6.45) is 9.58. The number of nitrogens with zero attached hydrogens (tertiary/aromatic N) is 8. The van der Waals surface area contributed by atoms with Crippen molar-refractivity contribution in [1.29, 1.82) is 0 Å². The van der Waals surface area contributed by atoms with E-state index in [0.29, 0.717) is 43.3 Å². The molecular formula is C35H43ClN8O2. The van der Waals surface area contributed by atoms with Gasteiger partial charge in [-0.25, -0.2) is 6.57 Å². The number of benzene rings is 1. The molecule has 1 aromatic carbocycles. The molecule has 6 rings (SSSR count). The van der Waals surface area contributed by atoms with Crippen LogP contribution in [0.1, 0.15) is 44.4 Å². The van der Waals surface area contributed by atoms with Crippen LogP contribution in [0.25, 0.3) is 15.6 Å². The molecule has 3 aromatic rings. The smallest absolute Gasteiger partial charge is 0.318 e. The molecule has 3 aliphatic rings. The van der Waals surface area contributed by atoms with Crippen molar-refractivity contribution in [3.63, 3.8) is 0 Å². The fraction of sp³-hybridized carbons (Fsp3) is 0.514. The van der Waals surface area contributed by atoms with Gasteiger partial charge in [0.2, 0.25) is 12.5 Å². The molecule has 10 nitrogen and oxygen atoms in total. The minimum absolute atomic E-state index is 0.115. The third kappa shape index (κ3) is 6.49. The number of ether oxygens (including phenoxy) is 1. The average Bonchev–Trinajstić information content (AvgIpc) is 3.02. The molecule has 242 valence electrons. The van der Waals surface area contributed by atoms with Gasteiger partial charge in [-0.05, 0) is 58.2 Å². The zero-order valence-corrected chi connectivity index (χ0v) is 27.8. The van der Waals surface area contributed by atoms with Gasteiger partial charge in [0.1, 0.15) is 18.0 Å². The topological polar surface area (TPSA) is 82.3 Å². The number of amides is 1. The van der Waals surface area contributed by atoms with E-state index >= 15 is 0 Å². The van der Waals surface area contributed by atoms with Gasteiger partial charge in [-0.3, -0.25) is 14.7 Å². The van der Waals surface area contributed by atoms with Crippen LogP contribution in [0.3, 0.4) is 0 Å². The molecule has 2 aliphatic heterocycles. The van der Waals surface area contributed by atoms with Crippen LogP contribution in [-0.4, -0.2) is 95.2 Å². The molecule has 3 atom stereocenters. The number of halogens is 1. The van der Waals surface area contributed by atoms with Crippen LogP contribution in [0.4, 0.5) is 11.5 Å². The number of rotatable bonds is 10. The second-order valence-corrected chi connectivity index (χ2v) is 13.3. The fourth-order valence-electron chi connectivity index (χ4n) is 7.11. The van der Waals surface area contributed by atoms with E-state index in [0.717, 1.165) is 59.0 Å². The Morgan fingerprint density at radius 2 is 2.04 bits per heavy atom. The van der Waals surface area contributed by atoms with Crippen LogP contribution in [0, 0.1) is 12.5 Å². The Balaban J connectivity index is 1.31. The number of fused-ring (bicyclic) bond motifs is 2. The first kappa shape index (κ1) is 32.0. The molecule has 2 fully saturated rings. The molecular weight excluding hydrogens is 600 g/mol. The van der Waals surface area contributed by atoms with E-state index in [4.69, 9.17) is 32.9 Å². The molecule has 1 saturated heterocycles. The van der Waals surface area contributed by atoms with Crippen molar-refractivity contribution in [3.05, 3.63) is 70.9 Å². The number of aromatic nitrogens is 3. The van der Waals surface area contributed by atoms with Crippen LogP contribution in [0.2, 0.25) is 5.02 Å². The predicted molar refractivity (Wildman–Crippen MR) is 182 cm³/mol. The van der Waals surface area contributed by atoms with Crippen LogP contribution >= 0.6 is 11.6 Å². The highest BCUT2D eigenvalue weighted by Crippen LogP contribution is 2.37. The van der Waals surface area contributed by atoms with E-state index in [1.54, 1.807) is 4.90 Å². The number of likely N-dealkylation sites (N-methyl/N-ethyl adjacent to an activating group) is 1. The zero-order chi connectivity index (χ0) is 32.4. The number of carbonyl (C=O) groups is 1. The third-order valence-corrected chi connectivity index (χ3v) is 10.3. The molecule has 0 radical (unpaired) electrons. The largest absolute Gasteiger partial charge is 0.459 e. The Hall–Kier alpha value is -3.94. The lowest BCUT2D eigenvalue weighted by Crippen LogP contribution is -2.56. The Kier molecular flexibility index (Phi) is 9.62. The van der Waals surface area contributed by atoms with Gasteiger partial charge in [0, 0.05) is 61.3 Å². The summed E-state index contributed by atoms with van der Waals surface area (Å²) in [5, 5.41) is 2.67. The molecule has 2 aromatic heterocycles. The van der Waals surface area contributed by atoms with Gasteiger partial charge in [0.25, 0.3) is 0 Å². The van der Waals surface area contributed by atoms with Crippen molar-refractivity contribution in [2.45, 2.75) is 64.3 Å². The Morgan fingerprint density at radius 3 is 2.78 bits per heavy atom. The maximum absolute atomic E-state index is 12.6. The molecule has 0 spiro atoms. The summed E-state index contributed by atoms with van der Waals surface area (Å²) in [6.45, 7) is 19.5. The molecule has 46 heavy (non-hydrogen) atoms. The average molecular weight is 643 g/mol. The van der Waals surface area contributed by atoms with Gasteiger partial charge in [0.05, 0.1) is 29.1 Å². The molecule has 1 aliphatic carbocycles. The number of anilines is 2. The third-order valence-electron chi connectivity index (χ3n) is 10.00. The lowest BCUT2D eigenvalue weighted by Gasteiger charge is -2.41. The first-order valence-corrected chi connectivity index (χ1v) is 16.7. The lowest BCUT2D eigenvalue weighted by atomic mass is 9.80. The fourth-order valence-corrected chi connectivity index (χ4v) is 7.39. The molecule has 11 heteroatoms. The zero-order valence-electron chi connectivity index (χ0n) is 27.0. The van der Waals surface area contributed by atoms with Gasteiger partial charge >= 0.3 is 6.01 Å². The molecule has 0 bridgehead atoms. The van der Waals surface area contributed by atoms with Crippen molar-refractivity contribution in [2.75, 3.05) is 56.1 Å². The van der Waals surface area contributed by atoms with Gasteiger partial charge < -0.3 is 24.3 Å². The summed E-state index contributed by atoms with van der Waals surface area (Å²) in [5.41, 5.74) is 2.96.